The van der Waals surface area contributed by atoms with Gasteiger partial charge in [0.1, 0.15) is 5.65 Å². The Morgan fingerprint density at radius 3 is 2.63 bits per heavy atom. The van der Waals surface area contributed by atoms with E-state index in [0.717, 1.165) is 22.1 Å². The summed E-state index contributed by atoms with van der Waals surface area (Å²) in [6, 6.07) is 13.7. The molecule has 3 nitrogen and oxygen atoms in total. The smallest absolute Gasteiger partial charge is 0.252 e. The quantitative estimate of drug-likeness (QED) is 0.665. The molecule has 0 aliphatic rings. The highest BCUT2D eigenvalue weighted by molar-refractivity contribution is 5.93. The minimum Gasteiger partial charge on any atom is -0.296 e. The normalized spacial score (nSPS) is 10.8. The second kappa shape index (κ2) is 4.35. The maximum absolute atomic E-state index is 12.1. The first-order valence-corrected chi connectivity index (χ1v) is 6.19. The van der Waals surface area contributed by atoms with Crippen LogP contribution in [0.1, 0.15) is 5.56 Å². The summed E-state index contributed by atoms with van der Waals surface area (Å²) in [7, 11) is 1.75. The molecule has 0 aliphatic heterocycles. The molecule has 3 rings (SSSR count). The van der Waals surface area contributed by atoms with Crippen LogP contribution in [0.15, 0.2) is 53.5 Å². The van der Waals surface area contributed by atoms with Gasteiger partial charge in [0.25, 0.3) is 5.56 Å². The zero-order chi connectivity index (χ0) is 13.4. The average molecular weight is 250 g/mol. The van der Waals surface area contributed by atoms with E-state index in [0.29, 0.717) is 5.65 Å². The van der Waals surface area contributed by atoms with Crippen molar-refractivity contribution in [2.75, 3.05) is 0 Å². The molecule has 3 aromatic rings. The average Bonchev–Trinajstić information content (AvgIpc) is 2.44. The Kier molecular flexibility index (Phi) is 2.67. The summed E-state index contributed by atoms with van der Waals surface area (Å²) in [5.74, 6) is 0. The lowest BCUT2D eigenvalue weighted by Gasteiger charge is -2.11. The molecule has 0 bridgehead atoms. The van der Waals surface area contributed by atoms with Crippen LogP contribution in [-0.2, 0) is 7.05 Å². The molecule has 0 saturated carbocycles. The van der Waals surface area contributed by atoms with E-state index in [1.807, 2.05) is 30.3 Å². The highest BCUT2D eigenvalue weighted by atomic mass is 16.1. The van der Waals surface area contributed by atoms with Crippen LogP contribution in [0.4, 0.5) is 0 Å². The zero-order valence-corrected chi connectivity index (χ0v) is 10.9. The summed E-state index contributed by atoms with van der Waals surface area (Å²) < 4.78 is 1.58. The minimum atomic E-state index is -0.0375. The summed E-state index contributed by atoms with van der Waals surface area (Å²) in [4.78, 5) is 16.4. The van der Waals surface area contributed by atoms with Gasteiger partial charge >= 0.3 is 0 Å². The third-order valence-electron chi connectivity index (χ3n) is 3.43. The van der Waals surface area contributed by atoms with Gasteiger partial charge < -0.3 is 0 Å². The lowest BCUT2D eigenvalue weighted by atomic mass is 9.98. The topological polar surface area (TPSA) is 34.9 Å². The minimum absolute atomic E-state index is 0.0375. The van der Waals surface area contributed by atoms with Gasteiger partial charge in [0.15, 0.2) is 0 Å². The maximum atomic E-state index is 12.1. The highest BCUT2D eigenvalue weighted by Gasteiger charge is 2.10. The first kappa shape index (κ1) is 11.7. The summed E-state index contributed by atoms with van der Waals surface area (Å²) in [5, 5.41) is 0.999. The van der Waals surface area contributed by atoms with Crippen molar-refractivity contribution in [1.82, 2.24) is 9.55 Å². The number of rotatable bonds is 1. The molecule has 2 heterocycles. The van der Waals surface area contributed by atoms with Crippen molar-refractivity contribution < 1.29 is 0 Å². The van der Waals surface area contributed by atoms with E-state index >= 15 is 0 Å². The van der Waals surface area contributed by atoms with Crippen LogP contribution in [0.5, 0.6) is 0 Å². The van der Waals surface area contributed by atoms with E-state index in [2.05, 4.69) is 18.0 Å². The Bertz CT molecular complexity index is 818. The van der Waals surface area contributed by atoms with Crippen LogP contribution in [0.2, 0.25) is 0 Å². The predicted octanol–water partition coefficient (Wildman–Crippen LogP) is 2.91. The second-order valence-corrected chi connectivity index (χ2v) is 4.64. The fourth-order valence-electron chi connectivity index (χ4n) is 2.37. The van der Waals surface area contributed by atoms with Crippen LogP contribution < -0.4 is 5.56 Å². The third kappa shape index (κ3) is 1.83. The first-order valence-electron chi connectivity index (χ1n) is 6.19. The molecule has 19 heavy (non-hydrogen) atoms. The van der Waals surface area contributed by atoms with E-state index in [9.17, 15) is 4.79 Å². The Morgan fingerprint density at radius 2 is 1.84 bits per heavy atom. The lowest BCUT2D eigenvalue weighted by molar-refractivity contribution is 0.888. The first-order chi connectivity index (χ1) is 9.18. The Hall–Kier alpha value is -2.42. The molecule has 0 atom stereocenters. The Balaban J connectivity index is 2.46. The largest absolute Gasteiger partial charge is 0.296 e. The van der Waals surface area contributed by atoms with E-state index < -0.39 is 0 Å². The van der Waals surface area contributed by atoms with E-state index in [1.165, 1.54) is 0 Å². The number of hydrogen-bond donors (Lipinski definition) is 0. The molecule has 0 spiro atoms. The van der Waals surface area contributed by atoms with Crippen molar-refractivity contribution >= 4 is 11.0 Å². The lowest BCUT2D eigenvalue weighted by Crippen LogP contribution is -2.17. The van der Waals surface area contributed by atoms with Gasteiger partial charge in [-0.25, -0.2) is 4.98 Å². The molecule has 94 valence electrons. The van der Waals surface area contributed by atoms with Crippen molar-refractivity contribution in [3.63, 3.8) is 0 Å². The molecule has 1 aromatic carbocycles. The molecule has 0 radical (unpaired) electrons. The zero-order valence-electron chi connectivity index (χ0n) is 10.9. The summed E-state index contributed by atoms with van der Waals surface area (Å²) >= 11 is 0. The number of aryl methyl sites for hydroxylation is 2. The van der Waals surface area contributed by atoms with Gasteiger partial charge in [-0.2, -0.15) is 0 Å². The molecular weight excluding hydrogens is 236 g/mol. The molecule has 2 aromatic heterocycles. The number of hydrogen-bond acceptors (Lipinski definition) is 2. The maximum Gasteiger partial charge on any atom is 0.252 e. The molecule has 0 unspecified atom stereocenters. The fraction of sp³-hybridized carbons (Fsp3) is 0.125. The van der Waals surface area contributed by atoms with E-state index in [4.69, 9.17) is 0 Å². The van der Waals surface area contributed by atoms with Gasteiger partial charge in [-0.05, 0) is 35.7 Å². The second-order valence-electron chi connectivity index (χ2n) is 4.64. The van der Waals surface area contributed by atoms with Gasteiger partial charge in [0.05, 0.1) is 0 Å². The summed E-state index contributed by atoms with van der Waals surface area (Å²) in [6.45, 7) is 2.05. The van der Waals surface area contributed by atoms with Crippen LogP contribution >= 0.6 is 0 Å². The van der Waals surface area contributed by atoms with Gasteiger partial charge in [-0.1, -0.05) is 24.3 Å². The molecule has 0 fully saturated rings. The predicted molar refractivity (Wildman–Crippen MR) is 77.2 cm³/mol. The molecule has 0 saturated heterocycles. The Labute approximate surface area is 111 Å². The van der Waals surface area contributed by atoms with Crippen LogP contribution in [0.25, 0.3) is 22.2 Å². The summed E-state index contributed by atoms with van der Waals surface area (Å²) in [5.41, 5.74) is 3.86. The SMILES string of the molecule is Cc1ccccc1-c1cc(=O)n(C)c2ncccc12. The molecule has 0 amide bonds. The van der Waals surface area contributed by atoms with Crippen molar-refractivity contribution in [1.29, 1.82) is 0 Å². The molecular formula is C16H14N2O. The third-order valence-corrected chi connectivity index (χ3v) is 3.43. The monoisotopic (exact) mass is 250 g/mol. The number of nitrogens with zero attached hydrogens (tertiary/aromatic N) is 2. The Morgan fingerprint density at radius 1 is 1.05 bits per heavy atom. The van der Waals surface area contributed by atoms with Crippen molar-refractivity contribution in [3.8, 4) is 11.1 Å². The molecule has 0 aliphatic carbocycles. The number of fused-ring (bicyclic) bond motifs is 1. The summed E-state index contributed by atoms with van der Waals surface area (Å²) in [6.07, 6.45) is 1.71. The number of benzene rings is 1. The standard InChI is InChI=1S/C16H14N2O/c1-11-6-3-4-7-12(11)14-10-15(19)18(2)16-13(14)8-5-9-17-16/h3-10H,1-2H3. The fourth-order valence-corrected chi connectivity index (χ4v) is 2.37. The van der Waals surface area contributed by atoms with Crippen molar-refractivity contribution in [3.05, 3.63) is 64.6 Å². The molecule has 0 N–H and O–H groups in total. The molecule has 3 heteroatoms. The van der Waals surface area contributed by atoms with Gasteiger partial charge in [-0.3, -0.25) is 9.36 Å². The van der Waals surface area contributed by atoms with E-state index in [-0.39, 0.29) is 5.56 Å². The van der Waals surface area contributed by atoms with Gasteiger partial charge in [0.2, 0.25) is 0 Å². The van der Waals surface area contributed by atoms with Crippen LogP contribution in [0.3, 0.4) is 0 Å². The van der Waals surface area contributed by atoms with Gasteiger partial charge in [0, 0.05) is 24.7 Å². The van der Waals surface area contributed by atoms with Crippen molar-refractivity contribution in [2.45, 2.75) is 6.92 Å². The van der Waals surface area contributed by atoms with E-state index in [1.54, 1.807) is 23.9 Å². The number of aromatic nitrogens is 2. The highest BCUT2D eigenvalue weighted by Crippen LogP contribution is 2.28. The van der Waals surface area contributed by atoms with Crippen LogP contribution in [0, 0.1) is 6.92 Å². The van der Waals surface area contributed by atoms with Crippen molar-refractivity contribution in [2.24, 2.45) is 7.05 Å². The number of pyridine rings is 2. The van der Waals surface area contributed by atoms with Gasteiger partial charge in [-0.15, -0.1) is 0 Å². The van der Waals surface area contributed by atoms with Crippen LogP contribution in [-0.4, -0.2) is 9.55 Å².